The van der Waals surface area contributed by atoms with Crippen molar-refractivity contribution in [3.05, 3.63) is 77.1 Å². The van der Waals surface area contributed by atoms with E-state index in [1.54, 1.807) is 18.0 Å². The van der Waals surface area contributed by atoms with Crippen molar-refractivity contribution in [3.63, 3.8) is 0 Å². The molecule has 4 N–H and O–H groups in total. The molecule has 0 aliphatic heterocycles. The van der Waals surface area contributed by atoms with Crippen LogP contribution in [0, 0.1) is 0 Å². The molecule has 0 fully saturated rings. The Kier molecular flexibility index (Phi) is 6.14. The molecule has 1 unspecified atom stereocenters. The van der Waals surface area contributed by atoms with E-state index in [2.05, 4.69) is 10.3 Å². The maximum absolute atomic E-state index is 12.5. The number of carbonyl (C=O) groups is 1. The van der Waals surface area contributed by atoms with Gasteiger partial charge in [-0.15, -0.1) is 0 Å². The first-order valence-electron chi connectivity index (χ1n) is 9.48. The standard InChI is InChI=1S/C22H26N2O3Si/c1-3-16(2)28(26,27)13-12-17-8-10-18(11-9-17)14-24-22(25)20-15-23-21-7-5-4-6-19(20)21/h4-13,15-16,23,26-27H,3,14H2,1-2H3,(H,24,25)/b13-12+. The number of H-pyrrole nitrogens is 1. The summed E-state index contributed by atoms with van der Waals surface area (Å²) < 4.78 is 0. The maximum Gasteiger partial charge on any atom is 0.362 e. The van der Waals surface area contributed by atoms with Gasteiger partial charge in [0.05, 0.1) is 5.56 Å². The van der Waals surface area contributed by atoms with Crippen LogP contribution in [-0.2, 0) is 6.54 Å². The monoisotopic (exact) mass is 394 g/mol. The van der Waals surface area contributed by atoms with Crippen molar-refractivity contribution in [2.24, 2.45) is 0 Å². The Morgan fingerprint density at radius 1 is 1.18 bits per heavy atom. The average Bonchev–Trinajstić information content (AvgIpc) is 3.15. The summed E-state index contributed by atoms with van der Waals surface area (Å²) in [5.41, 5.74) is 4.89. The summed E-state index contributed by atoms with van der Waals surface area (Å²) >= 11 is 0. The van der Waals surface area contributed by atoms with Crippen LogP contribution in [0.5, 0.6) is 0 Å². The Balaban J connectivity index is 1.61. The molecule has 28 heavy (non-hydrogen) atoms. The van der Waals surface area contributed by atoms with Crippen LogP contribution in [0.25, 0.3) is 17.0 Å². The fourth-order valence-electron chi connectivity index (χ4n) is 2.97. The number of carbonyl (C=O) groups excluding carboxylic acids is 1. The molecular weight excluding hydrogens is 368 g/mol. The number of nitrogens with one attached hydrogen (secondary N) is 2. The van der Waals surface area contributed by atoms with Gasteiger partial charge >= 0.3 is 8.56 Å². The number of aromatic amines is 1. The molecule has 6 heteroatoms. The summed E-state index contributed by atoms with van der Waals surface area (Å²) in [7, 11) is -3.33. The van der Waals surface area contributed by atoms with Crippen molar-refractivity contribution in [3.8, 4) is 0 Å². The van der Waals surface area contributed by atoms with E-state index in [-0.39, 0.29) is 11.4 Å². The Hall–Kier alpha value is -2.67. The number of hydrogen-bond acceptors (Lipinski definition) is 3. The largest absolute Gasteiger partial charge is 0.408 e. The van der Waals surface area contributed by atoms with Gasteiger partial charge in [-0.2, -0.15) is 0 Å². The molecule has 1 amide bonds. The van der Waals surface area contributed by atoms with Gasteiger partial charge < -0.3 is 19.9 Å². The van der Waals surface area contributed by atoms with Crippen LogP contribution in [0.1, 0.15) is 41.8 Å². The van der Waals surface area contributed by atoms with Crippen LogP contribution in [0.4, 0.5) is 0 Å². The minimum absolute atomic E-state index is 0.109. The highest BCUT2D eigenvalue weighted by atomic mass is 28.4. The summed E-state index contributed by atoms with van der Waals surface area (Å²) in [4.78, 5) is 35.9. The first kappa shape index (κ1) is 20.1. The molecule has 3 aromatic rings. The molecule has 0 saturated carbocycles. The highest BCUT2D eigenvalue weighted by molar-refractivity contribution is 6.72. The molecule has 0 saturated heterocycles. The number of fused-ring (bicyclic) bond motifs is 1. The van der Waals surface area contributed by atoms with E-state index in [0.29, 0.717) is 12.1 Å². The normalized spacial score (nSPS) is 13.1. The van der Waals surface area contributed by atoms with E-state index < -0.39 is 8.56 Å². The molecule has 3 rings (SSSR count). The number of rotatable bonds is 7. The quantitative estimate of drug-likeness (QED) is 0.459. The van der Waals surface area contributed by atoms with Crippen molar-refractivity contribution in [1.82, 2.24) is 10.3 Å². The number of aromatic nitrogens is 1. The van der Waals surface area contributed by atoms with Crippen LogP contribution in [0.2, 0.25) is 5.54 Å². The number of para-hydroxylation sites is 1. The molecule has 0 bridgehead atoms. The topological polar surface area (TPSA) is 85.3 Å². The van der Waals surface area contributed by atoms with Gasteiger partial charge in [0.2, 0.25) is 0 Å². The number of benzene rings is 2. The van der Waals surface area contributed by atoms with Crippen molar-refractivity contribution in [1.29, 1.82) is 0 Å². The number of amides is 1. The zero-order valence-electron chi connectivity index (χ0n) is 16.1. The summed E-state index contributed by atoms with van der Waals surface area (Å²) in [6.07, 6.45) is 4.22. The first-order valence-corrected chi connectivity index (χ1v) is 11.5. The van der Waals surface area contributed by atoms with Gasteiger partial charge in [0.25, 0.3) is 5.91 Å². The smallest absolute Gasteiger partial charge is 0.362 e. The van der Waals surface area contributed by atoms with Gasteiger partial charge in [-0.25, -0.2) is 0 Å². The summed E-state index contributed by atoms with van der Waals surface area (Å²) in [5, 5.41) is 3.85. The predicted octanol–water partition coefficient (Wildman–Crippen LogP) is 3.88. The van der Waals surface area contributed by atoms with Crippen LogP contribution in [0.3, 0.4) is 0 Å². The van der Waals surface area contributed by atoms with Crippen LogP contribution in [0.15, 0.2) is 60.4 Å². The van der Waals surface area contributed by atoms with E-state index >= 15 is 0 Å². The molecule has 0 spiro atoms. The lowest BCUT2D eigenvalue weighted by molar-refractivity contribution is 0.0952. The minimum atomic E-state index is -3.33. The van der Waals surface area contributed by atoms with Gasteiger partial charge in [-0.1, -0.05) is 68.8 Å². The highest BCUT2D eigenvalue weighted by Gasteiger charge is 2.32. The average molecular weight is 395 g/mol. The molecule has 0 aliphatic carbocycles. The summed E-state index contributed by atoms with van der Waals surface area (Å²) in [6, 6.07) is 15.4. The molecule has 2 aromatic carbocycles. The Morgan fingerprint density at radius 3 is 2.61 bits per heavy atom. The molecule has 5 nitrogen and oxygen atoms in total. The van der Waals surface area contributed by atoms with E-state index in [1.807, 2.05) is 62.4 Å². The third-order valence-corrected chi connectivity index (χ3v) is 7.64. The maximum atomic E-state index is 12.5. The minimum Gasteiger partial charge on any atom is -0.408 e. The second kappa shape index (κ2) is 8.56. The van der Waals surface area contributed by atoms with Crippen LogP contribution >= 0.6 is 0 Å². The van der Waals surface area contributed by atoms with Crippen molar-refractivity contribution < 1.29 is 14.4 Å². The zero-order valence-corrected chi connectivity index (χ0v) is 17.1. The lowest BCUT2D eigenvalue weighted by Crippen LogP contribution is -2.37. The van der Waals surface area contributed by atoms with Gasteiger partial charge in [-0.05, 0) is 22.9 Å². The van der Waals surface area contributed by atoms with Gasteiger partial charge in [-0.3, -0.25) is 4.79 Å². The molecule has 1 heterocycles. The third-order valence-electron chi connectivity index (χ3n) is 5.13. The molecule has 0 radical (unpaired) electrons. The van der Waals surface area contributed by atoms with E-state index in [1.165, 1.54) is 0 Å². The first-order chi connectivity index (χ1) is 13.4. The second-order valence-electron chi connectivity index (χ2n) is 7.10. The molecule has 1 aromatic heterocycles. The number of hydrogen-bond donors (Lipinski definition) is 4. The SMILES string of the molecule is CCC(C)[Si](O)(O)/C=C/c1ccc(CNC(=O)c2c[nH]c3ccccc23)cc1. The Labute approximate surface area is 166 Å². The lowest BCUT2D eigenvalue weighted by Gasteiger charge is -2.19. The molecule has 1 atom stereocenters. The molecule has 146 valence electrons. The van der Waals surface area contributed by atoms with E-state index in [4.69, 9.17) is 0 Å². The Morgan fingerprint density at radius 2 is 1.89 bits per heavy atom. The van der Waals surface area contributed by atoms with Crippen molar-refractivity contribution >= 4 is 31.4 Å². The fraction of sp³-hybridized carbons (Fsp3) is 0.227. The predicted molar refractivity (Wildman–Crippen MR) is 115 cm³/mol. The van der Waals surface area contributed by atoms with E-state index in [9.17, 15) is 14.4 Å². The summed E-state index contributed by atoms with van der Waals surface area (Å²) in [5.74, 6) is -0.119. The van der Waals surface area contributed by atoms with Crippen molar-refractivity contribution in [2.45, 2.75) is 32.4 Å². The lowest BCUT2D eigenvalue weighted by atomic mass is 10.1. The van der Waals surface area contributed by atoms with Crippen LogP contribution < -0.4 is 5.32 Å². The molecule has 0 aliphatic rings. The van der Waals surface area contributed by atoms with E-state index in [0.717, 1.165) is 28.5 Å². The van der Waals surface area contributed by atoms with Crippen molar-refractivity contribution in [2.75, 3.05) is 0 Å². The molecular formula is C22H26N2O3Si. The van der Waals surface area contributed by atoms with Gasteiger partial charge in [0, 0.05) is 29.2 Å². The van der Waals surface area contributed by atoms with Crippen LogP contribution in [-0.4, -0.2) is 29.0 Å². The van der Waals surface area contributed by atoms with Gasteiger partial charge in [0.15, 0.2) is 0 Å². The van der Waals surface area contributed by atoms with Gasteiger partial charge in [0.1, 0.15) is 0 Å². The third kappa shape index (κ3) is 4.59. The summed E-state index contributed by atoms with van der Waals surface area (Å²) in [6.45, 7) is 4.23. The zero-order chi connectivity index (χ0) is 20.1. The second-order valence-corrected chi connectivity index (χ2v) is 9.98. The highest BCUT2D eigenvalue weighted by Crippen LogP contribution is 2.22. The fourth-order valence-corrected chi connectivity index (χ4v) is 4.33. The Bertz CT molecular complexity index is 977.